The van der Waals surface area contributed by atoms with E-state index in [1.807, 2.05) is 19.9 Å². The summed E-state index contributed by atoms with van der Waals surface area (Å²) in [5, 5.41) is 3.09. The summed E-state index contributed by atoms with van der Waals surface area (Å²) < 4.78 is 46.4. The highest BCUT2D eigenvalue weighted by Crippen LogP contribution is 2.42. The molecule has 1 N–H and O–H groups in total. The number of hydrogen-bond acceptors (Lipinski definition) is 3. The SMILES string of the molecule is COc1ccc(C(C)C)cc1[C@@H](N1CCNCC1)C(F)(F)F. The van der Waals surface area contributed by atoms with Gasteiger partial charge in [0.1, 0.15) is 11.8 Å². The summed E-state index contributed by atoms with van der Waals surface area (Å²) in [7, 11) is 1.42. The Balaban J connectivity index is 2.47. The van der Waals surface area contributed by atoms with Crippen LogP contribution in [0.3, 0.4) is 0 Å². The Morgan fingerprint density at radius 1 is 1.18 bits per heavy atom. The number of alkyl halides is 3. The van der Waals surface area contributed by atoms with Crippen molar-refractivity contribution in [3.63, 3.8) is 0 Å². The Morgan fingerprint density at radius 2 is 1.82 bits per heavy atom. The average molecular weight is 316 g/mol. The molecule has 1 fully saturated rings. The van der Waals surface area contributed by atoms with Crippen molar-refractivity contribution in [3.05, 3.63) is 29.3 Å². The molecule has 0 aliphatic carbocycles. The van der Waals surface area contributed by atoms with Gasteiger partial charge in [-0.25, -0.2) is 0 Å². The monoisotopic (exact) mass is 316 g/mol. The second-order valence-electron chi connectivity index (χ2n) is 5.89. The highest BCUT2D eigenvalue weighted by Gasteiger charge is 2.46. The van der Waals surface area contributed by atoms with Crippen molar-refractivity contribution in [1.82, 2.24) is 10.2 Å². The summed E-state index contributed by atoms with van der Waals surface area (Å²) in [6.07, 6.45) is -4.33. The van der Waals surface area contributed by atoms with Crippen LogP contribution in [0.15, 0.2) is 18.2 Å². The number of ether oxygens (including phenoxy) is 1. The minimum absolute atomic E-state index is 0.168. The third-order valence-electron chi connectivity index (χ3n) is 4.04. The van der Waals surface area contributed by atoms with E-state index in [9.17, 15) is 13.2 Å². The average Bonchev–Trinajstić information content (AvgIpc) is 2.47. The lowest BCUT2D eigenvalue weighted by Crippen LogP contribution is -2.49. The number of piperazine rings is 1. The first-order valence-corrected chi connectivity index (χ1v) is 7.54. The lowest BCUT2D eigenvalue weighted by molar-refractivity contribution is -0.188. The van der Waals surface area contributed by atoms with Gasteiger partial charge in [-0.1, -0.05) is 19.9 Å². The number of rotatable bonds is 4. The summed E-state index contributed by atoms with van der Waals surface area (Å²) in [4.78, 5) is 1.48. The molecular weight excluding hydrogens is 293 g/mol. The van der Waals surface area contributed by atoms with Gasteiger partial charge in [-0.15, -0.1) is 0 Å². The molecule has 1 aromatic rings. The van der Waals surface area contributed by atoms with Crippen molar-refractivity contribution < 1.29 is 17.9 Å². The van der Waals surface area contributed by atoms with Crippen LogP contribution in [-0.4, -0.2) is 44.4 Å². The zero-order chi connectivity index (χ0) is 16.3. The molecule has 3 nitrogen and oxygen atoms in total. The topological polar surface area (TPSA) is 24.5 Å². The molecule has 0 unspecified atom stereocenters. The van der Waals surface area contributed by atoms with Gasteiger partial charge in [-0.05, 0) is 23.6 Å². The van der Waals surface area contributed by atoms with Gasteiger partial charge in [0.2, 0.25) is 0 Å². The van der Waals surface area contributed by atoms with Gasteiger partial charge in [0.15, 0.2) is 0 Å². The number of methoxy groups -OCH3 is 1. The summed E-state index contributed by atoms with van der Waals surface area (Å²) >= 11 is 0. The molecule has 6 heteroatoms. The quantitative estimate of drug-likeness (QED) is 0.922. The van der Waals surface area contributed by atoms with E-state index >= 15 is 0 Å². The summed E-state index contributed by atoms with van der Waals surface area (Å²) in [5.74, 6) is 0.465. The predicted molar refractivity (Wildman–Crippen MR) is 80.3 cm³/mol. The van der Waals surface area contributed by atoms with Gasteiger partial charge in [0.05, 0.1) is 7.11 Å². The van der Waals surface area contributed by atoms with Crippen molar-refractivity contribution in [2.75, 3.05) is 33.3 Å². The van der Waals surface area contributed by atoms with Crippen LogP contribution in [0.25, 0.3) is 0 Å². The Labute approximate surface area is 129 Å². The van der Waals surface area contributed by atoms with Gasteiger partial charge in [-0.2, -0.15) is 13.2 Å². The first kappa shape index (κ1) is 17.1. The first-order valence-electron chi connectivity index (χ1n) is 7.54. The van der Waals surface area contributed by atoms with Crippen LogP contribution in [0.2, 0.25) is 0 Å². The molecule has 1 atom stereocenters. The van der Waals surface area contributed by atoms with E-state index in [1.165, 1.54) is 12.0 Å². The maximum Gasteiger partial charge on any atom is 0.408 e. The number of nitrogens with one attached hydrogen (secondary N) is 1. The molecule has 0 amide bonds. The van der Waals surface area contributed by atoms with E-state index in [1.54, 1.807) is 12.1 Å². The standard InChI is InChI=1S/C16H23F3N2O/c1-11(2)12-4-5-14(22-3)13(10-12)15(16(17,18)19)21-8-6-20-7-9-21/h4-5,10-11,15,20H,6-9H2,1-3H3/t15-/m1/s1. The highest BCUT2D eigenvalue weighted by molar-refractivity contribution is 5.41. The van der Waals surface area contributed by atoms with E-state index in [0.29, 0.717) is 31.9 Å². The van der Waals surface area contributed by atoms with Crippen LogP contribution >= 0.6 is 0 Å². The van der Waals surface area contributed by atoms with Crippen LogP contribution in [0, 0.1) is 0 Å². The molecule has 1 saturated heterocycles. The van der Waals surface area contributed by atoms with Crippen molar-refractivity contribution in [2.24, 2.45) is 0 Å². The van der Waals surface area contributed by atoms with Crippen LogP contribution in [0.1, 0.15) is 36.9 Å². The number of nitrogens with zero attached hydrogens (tertiary/aromatic N) is 1. The van der Waals surface area contributed by atoms with Crippen molar-refractivity contribution >= 4 is 0 Å². The third-order valence-corrected chi connectivity index (χ3v) is 4.04. The predicted octanol–water partition coefficient (Wildman–Crippen LogP) is 3.33. The minimum Gasteiger partial charge on any atom is -0.496 e. The molecular formula is C16H23F3N2O. The molecule has 1 aromatic carbocycles. The van der Waals surface area contributed by atoms with Crippen molar-refractivity contribution in [1.29, 1.82) is 0 Å². The Hall–Kier alpha value is -1.27. The minimum atomic E-state index is -4.33. The van der Waals surface area contributed by atoms with Gasteiger partial charge in [0, 0.05) is 31.7 Å². The smallest absolute Gasteiger partial charge is 0.408 e. The van der Waals surface area contributed by atoms with Crippen molar-refractivity contribution in [2.45, 2.75) is 32.0 Å². The van der Waals surface area contributed by atoms with Crippen LogP contribution in [0.5, 0.6) is 5.75 Å². The molecule has 0 bridgehead atoms. The Kier molecular flexibility index (Phi) is 5.34. The first-order chi connectivity index (χ1) is 10.3. The largest absolute Gasteiger partial charge is 0.496 e. The maximum atomic E-state index is 13.7. The fourth-order valence-corrected chi connectivity index (χ4v) is 2.85. The zero-order valence-electron chi connectivity index (χ0n) is 13.2. The summed E-state index contributed by atoms with van der Waals surface area (Å²) in [6, 6.07) is 3.50. The number of hydrogen-bond donors (Lipinski definition) is 1. The molecule has 2 rings (SSSR count). The molecule has 1 heterocycles. The maximum absolute atomic E-state index is 13.7. The van der Waals surface area contributed by atoms with Gasteiger partial charge >= 0.3 is 6.18 Å². The number of benzene rings is 1. The van der Waals surface area contributed by atoms with E-state index in [4.69, 9.17) is 4.74 Å². The summed E-state index contributed by atoms with van der Waals surface area (Å²) in [5.41, 5.74) is 1.10. The summed E-state index contributed by atoms with van der Waals surface area (Å²) in [6.45, 7) is 5.83. The fraction of sp³-hybridized carbons (Fsp3) is 0.625. The molecule has 1 aliphatic heterocycles. The van der Waals surface area contributed by atoms with Crippen LogP contribution in [-0.2, 0) is 0 Å². The van der Waals surface area contributed by atoms with E-state index < -0.39 is 12.2 Å². The molecule has 22 heavy (non-hydrogen) atoms. The number of halogens is 3. The van der Waals surface area contributed by atoms with E-state index in [2.05, 4.69) is 5.32 Å². The van der Waals surface area contributed by atoms with Crippen LogP contribution < -0.4 is 10.1 Å². The lowest BCUT2D eigenvalue weighted by Gasteiger charge is -2.37. The van der Waals surface area contributed by atoms with Crippen LogP contribution in [0.4, 0.5) is 13.2 Å². The molecule has 0 aromatic heterocycles. The zero-order valence-corrected chi connectivity index (χ0v) is 13.2. The van der Waals surface area contributed by atoms with Gasteiger partial charge in [-0.3, -0.25) is 4.90 Å². The normalized spacial score (nSPS) is 18.5. The second kappa shape index (κ2) is 6.87. The Bertz CT molecular complexity index is 497. The molecule has 124 valence electrons. The van der Waals surface area contributed by atoms with E-state index in [0.717, 1.165) is 5.56 Å². The second-order valence-corrected chi connectivity index (χ2v) is 5.89. The molecule has 0 saturated carbocycles. The molecule has 0 radical (unpaired) electrons. The highest BCUT2D eigenvalue weighted by atomic mass is 19.4. The van der Waals surface area contributed by atoms with E-state index in [-0.39, 0.29) is 11.5 Å². The molecule has 0 spiro atoms. The fourth-order valence-electron chi connectivity index (χ4n) is 2.85. The van der Waals surface area contributed by atoms with Crippen molar-refractivity contribution in [3.8, 4) is 5.75 Å². The van der Waals surface area contributed by atoms with Gasteiger partial charge in [0.25, 0.3) is 0 Å². The third kappa shape index (κ3) is 3.73. The molecule has 1 aliphatic rings. The van der Waals surface area contributed by atoms with Gasteiger partial charge < -0.3 is 10.1 Å². The lowest BCUT2D eigenvalue weighted by atomic mass is 9.95. The Morgan fingerprint density at radius 3 is 2.32 bits per heavy atom.